The summed E-state index contributed by atoms with van der Waals surface area (Å²) < 4.78 is 67.5. The van der Waals surface area contributed by atoms with Gasteiger partial charge in [0.25, 0.3) is 0 Å². The van der Waals surface area contributed by atoms with Crippen molar-refractivity contribution in [1.29, 1.82) is 0 Å². The maximum absolute atomic E-state index is 14.6. The number of carbonyl (C=O) groups excluding carboxylic acids is 1. The molecule has 0 unspecified atom stereocenters. The number of nitrogens with zero attached hydrogens (tertiary/aromatic N) is 4. The van der Waals surface area contributed by atoms with Gasteiger partial charge < -0.3 is 24.7 Å². The number of piperidine rings is 1. The summed E-state index contributed by atoms with van der Waals surface area (Å²) in [6, 6.07) is 7.58. The number of hydrogen-bond acceptors (Lipinski definition) is 8. The fourth-order valence-corrected chi connectivity index (χ4v) is 7.14. The summed E-state index contributed by atoms with van der Waals surface area (Å²) in [6.07, 6.45) is 3.95. The first kappa shape index (κ1) is 30.0. The van der Waals surface area contributed by atoms with E-state index in [1.54, 1.807) is 25.3 Å². The number of aryl methyl sites for hydroxylation is 1. The van der Waals surface area contributed by atoms with Gasteiger partial charge in [-0.15, -0.1) is 10.2 Å². The van der Waals surface area contributed by atoms with Crippen molar-refractivity contribution in [2.75, 3.05) is 36.5 Å². The van der Waals surface area contributed by atoms with Crippen molar-refractivity contribution in [3.63, 3.8) is 0 Å². The minimum absolute atomic E-state index is 0.0608. The Labute approximate surface area is 262 Å². The molecule has 0 bridgehead atoms. The maximum Gasteiger partial charge on any atom is 0.239 e. The van der Waals surface area contributed by atoms with E-state index in [1.165, 1.54) is 6.07 Å². The van der Waals surface area contributed by atoms with Gasteiger partial charge in [-0.1, -0.05) is 6.07 Å². The molecule has 0 saturated carbocycles. The number of halogens is 4. The molecule has 240 valence electrons. The third-order valence-electron chi connectivity index (χ3n) is 9.33. The molecule has 1 aliphatic carbocycles. The molecule has 1 fully saturated rings. The van der Waals surface area contributed by atoms with Crippen molar-refractivity contribution in [2.24, 2.45) is 0 Å². The second kappa shape index (κ2) is 11.9. The summed E-state index contributed by atoms with van der Waals surface area (Å²) >= 11 is 0. The summed E-state index contributed by atoms with van der Waals surface area (Å²) in [5.41, 5.74) is 2.54. The van der Waals surface area contributed by atoms with Gasteiger partial charge in [0.05, 0.1) is 11.9 Å². The lowest BCUT2D eigenvalue weighted by molar-refractivity contribution is -0.122. The monoisotopic (exact) mass is 636 g/mol. The number of rotatable bonds is 7. The number of benzene rings is 2. The van der Waals surface area contributed by atoms with E-state index in [9.17, 15) is 22.4 Å². The van der Waals surface area contributed by atoms with Crippen LogP contribution in [0.3, 0.4) is 0 Å². The first-order valence-electron chi connectivity index (χ1n) is 15.3. The molecule has 2 N–H and O–H groups in total. The van der Waals surface area contributed by atoms with Crippen molar-refractivity contribution in [1.82, 2.24) is 20.5 Å². The largest absolute Gasteiger partial charge is 0.489 e. The average molecular weight is 637 g/mol. The highest BCUT2D eigenvalue weighted by atomic mass is 19.2. The second-order valence-corrected chi connectivity index (χ2v) is 12.3. The molecule has 0 radical (unpaired) electrons. The molecule has 1 saturated heterocycles. The summed E-state index contributed by atoms with van der Waals surface area (Å²) in [7, 11) is 0. The molecule has 9 nitrogen and oxygen atoms in total. The van der Waals surface area contributed by atoms with Gasteiger partial charge in [-0.2, -0.15) is 0 Å². The number of fused-ring (bicyclic) bond motifs is 3. The Hall–Kier alpha value is -4.68. The first-order valence-corrected chi connectivity index (χ1v) is 15.3. The first-order chi connectivity index (χ1) is 22.2. The van der Waals surface area contributed by atoms with E-state index in [2.05, 4.69) is 30.7 Å². The minimum Gasteiger partial charge on any atom is -0.489 e. The van der Waals surface area contributed by atoms with Crippen LogP contribution in [0, 0.1) is 30.2 Å². The van der Waals surface area contributed by atoms with Gasteiger partial charge in [-0.25, -0.2) is 22.5 Å². The van der Waals surface area contributed by atoms with E-state index in [0.717, 1.165) is 59.9 Å². The number of nitrogens with one attached hydrogen (secondary N) is 2. The molecule has 2 aromatic carbocycles. The number of aromatic nitrogens is 3. The number of anilines is 2. The Balaban J connectivity index is 1.08. The van der Waals surface area contributed by atoms with Gasteiger partial charge >= 0.3 is 0 Å². The molecule has 4 aromatic rings. The Kier molecular flexibility index (Phi) is 7.77. The molecule has 2 atom stereocenters. The average Bonchev–Trinajstić information content (AvgIpc) is 3.60. The molecule has 1 spiro atoms. The smallest absolute Gasteiger partial charge is 0.239 e. The molecule has 1 amide bonds. The molecule has 2 aliphatic heterocycles. The van der Waals surface area contributed by atoms with Gasteiger partial charge in [0.15, 0.2) is 17.5 Å². The van der Waals surface area contributed by atoms with Crippen LogP contribution in [0.4, 0.5) is 29.1 Å². The van der Waals surface area contributed by atoms with Crippen molar-refractivity contribution >= 4 is 17.4 Å². The normalized spacial score (nSPS) is 18.8. The highest BCUT2D eigenvalue weighted by Gasteiger charge is 2.46. The third kappa shape index (κ3) is 5.74. The van der Waals surface area contributed by atoms with Crippen molar-refractivity contribution in [2.45, 2.75) is 56.4 Å². The van der Waals surface area contributed by atoms with E-state index < -0.39 is 23.5 Å². The van der Waals surface area contributed by atoms with Crippen LogP contribution in [0.1, 0.15) is 66.1 Å². The van der Waals surface area contributed by atoms with Gasteiger partial charge in [-0.05, 0) is 71.6 Å². The molecular formula is C33H32F4N6O3. The Bertz CT molecular complexity index is 1770. The second-order valence-electron chi connectivity index (χ2n) is 12.3. The molecule has 13 heteroatoms. The van der Waals surface area contributed by atoms with Crippen LogP contribution < -0.4 is 20.3 Å². The minimum atomic E-state index is -1.57. The molecule has 46 heavy (non-hydrogen) atoms. The number of carbonyl (C=O) groups is 1. The fourth-order valence-electron chi connectivity index (χ4n) is 7.14. The number of hydrogen-bond donors (Lipinski definition) is 2. The van der Waals surface area contributed by atoms with Crippen LogP contribution in [-0.4, -0.2) is 47.3 Å². The number of ether oxygens (including phenoxy) is 1. The Morgan fingerprint density at radius 3 is 2.63 bits per heavy atom. The van der Waals surface area contributed by atoms with Gasteiger partial charge in [-0.3, -0.25) is 4.79 Å². The van der Waals surface area contributed by atoms with E-state index in [0.29, 0.717) is 26.1 Å². The molecule has 2 aromatic heterocycles. The predicted octanol–water partition coefficient (Wildman–Crippen LogP) is 5.65. The van der Waals surface area contributed by atoms with E-state index >= 15 is 0 Å². The SMILES string of the molecule is Cc1nnc([C@@H](Cc2cc(F)c(F)c(F)c2)NC(=O)C[C@@H]2CC3(CCN(c4cc5c(cn4)NCCO5)CC3)c3cc(F)ccc32)o1. The quantitative estimate of drug-likeness (QED) is 0.198. The highest BCUT2D eigenvalue weighted by molar-refractivity contribution is 5.78. The van der Waals surface area contributed by atoms with E-state index in [-0.39, 0.29) is 53.2 Å². The number of amides is 1. The van der Waals surface area contributed by atoms with Crippen LogP contribution in [0.15, 0.2) is 47.0 Å². The molecule has 4 heterocycles. The van der Waals surface area contributed by atoms with E-state index in [1.807, 2.05) is 6.07 Å². The maximum atomic E-state index is 14.6. The summed E-state index contributed by atoms with van der Waals surface area (Å²) in [5, 5.41) is 14.0. The van der Waals surface area contributed by atoms with Crippen LogP contribution in [-0.2, 0) is 16.6 Å². The van der Waals surface area contributed by atoms with Gasteiger partial charge in [0.2, 0.25) is 17.7 Å². The highest BCUT2D eigenvalue weighted by Crippen LogP contribution is 2.53. The van der Waals surface area contributed by atoms with Crippen molar-refractivity contribution < 1.29 is 31.5 Å². The zero-order valence-electron chi connectivity index (χ0n) is 25.1. The molecule has 3 aliphatic rings. The lowest BCUT2D eigenvalue weighted by Crippen LogP contribution is -2.42. The molecule has 7 rings (SSSR count). The zero-order chi connectivity index (χ0) is 32.0. The zero-order valence-corrected chi connectivity index (χ0v) is 25.1. The predicted molar refractivity (Wildman–Crippen MR) is 160 cm³/mol. The summed E-state index contributed by atoms with van der Waals surface area (Å²) in [5.74, 6) is -3.17. The van der Waals surface area contributed by atoms with Crippen molar-refractivity contribution in [3.05, 3.63) is 94.3 Å². The standard InChI is InChI=1S/C33H32F4N6O3/c1-18-41-42-32(46-18)26(12-19-10-24(35)31(37)25(36)11-19)40-30(44)13-20-16-33(23-14-21(34)2-3-22(20)23)4-7-43(8-5-33)29-15-28-27(17-39-29)38-6-9-45-28/h2-3,10-11,14-15,17,20,26,38H,4-9,12-13,16H2,1H3,(H,40,44)/t20-,26-/m1/s1. The third-order valence-corrected chi connectivity index (χ3v) is 9.33. The van der Waals surface area contributed by atoms with E-state index in [4.69, 9.17) is 9.15 Å². The lowest BCUT2D eigenvalue weighted by atomic mass is 9.73. The van der Waals surface area contributed by atoms with Gasteiger partial charge in [0, 0.05) is 45.5 Å². The summed E-state index contributed by atoms with van der Waals surface area (Å²) in [6.45, 7) is 4.32. The molecular weight excluding hydrogens is 604 g/mol. The summed E-state index contributed by atoms with van der Waals surface area (Å²) in [4.78, 5) is 20.4. The van der Waals surface area contributed by atoms with Crippen molar-refractivity contribution in [3.8, 4) is 5.75 Å². The van der Waals surface area contributed by atoms with Gasteiger partial charge in [0.1, 0.15) is 30.0 Å². The topological polar surface area (TPSA) is 105 Å². The fraction of sp³-hybridized carbons (Fsp3) is 0.394. The number of pyridine rings is 1. The van der Waals surface area contributed by atoms with Crippen LogP contribution in [0.5, 0.6) is 5.75 Å². The van der Waals surface area contributed by atoms with Crippen LogP contribution >= 0.6 is 0 Å². The lowest BCUT2D eigenvalue weighted by Gasteiger charge is -2.41. The Morgan fingerprint density at radius 1 is 1.11 bits per heavy atom. The van der Waals surface area contributed by atoms with Crippen LogP contribution in [0.25, 0.3) is 0 Å². The van der Waals surface area contributed by atoms with Crippen LogP contribution in [0.2, 0.25) is 0 Å². The Morgan fingerprint density at radius 2 is 1.89 bits per heavy atom.